The largest absolute Gasteiger partial charge is 0.456 e. The molecular formula is C13H13IN2O2. The maximum Gasteiger partial charge on any atom is 0.355 e. The van der Waals surface area contributed by atoms with Gasteiger partial charge in [0, 0.05) is 16.8 Å². The van der Waals surface area contributed by atoms with Crippen molar-refractivity contribution in [2.24, 2.45) is 7.05 Å². The summed E-state index contributed by atoms with van der Waals surface area (Å²) in [5, 5.41) is 0. The molecule has 0 spiro atoms. The van der Waals surface area contributed by atoms with Gasteiger partial charge in [-0.25, -0.2) is 4.79 Å². The van der Waals surface area contributed by atoms with Gasteiger partial charge in [-0.05, 0) is 46.4 Å². The van der Waals surface area contributed by atoms with Crippen LogP contribution in [0.25, 0.3) is 0 Å². The fourth-order valence-corrected chi connectivity index (χ4v) is 1.96. The second-order valence-electron chi connectivity index (χ2n) is 3.97. The first-order valence-electron chi connectivity index (χ1n) is 5.39. The summed E-state index contributed by atoms with van der Waals surface area (Å²) in [7, 11) is 1.76. The summed E-state index contributed by atoms with van der Waals surface area (Å²) < 4.78 is 8.04. The van der Waals surface area contributed by atoms with E-state index in [1.807, 2.05) is 24.3 Å². The highest BCUT2D eigenvalue weighted by Gasteiger charge is 2.12. The molecule has 1 aromatic carbocycles. The van der Waals surface area contributed by atoms with Crippen molar-refractivity contribution in [3.8, 4) is 0 Å². The summed E-state index contributed by atoms with van der Waals surface area (Å²) >= 11 is 2.23. The molecule has 1 heterocycles. The third kappa shape index (κ3) is 3.04. The Bertz CT molecular complexity index is 561. The molecule has 0 radical (unpaired) electrons. The second kappa shape index (κ2) is 5.43. The van der Waals surface area contributed by atoms with Crippen LogP contribution < -0.4 is 5.73 Å². The van der Waals surface area contributed by atoms with Gasteiger partial charge in [0.15, 0.2) is 0 Å². The number of carbonyl (C=O) groups excluding carboxylic acids is 1. The van der Waals surface area contributed by atoms with Crippen molar-refractivity contribution >= 4 is 34.2 Å². The second-order valence-corrected chi connectivity index (χ2v) is 5.22. The van der Waals surface area contributed by atoms with E-state index in [0.29, 0.717) is 11.4 Å². The molecule has 4 nitrogen and oxygen atoms in total. The molecule has 2 aromatic rings. The lowest BCUT2D eigenvalue weighted by atomic mass is 10.2. The molecule has 2 rings (SSSR count). The van der Waals surface area contributed by atoms with Gasteiger partial charge in [0.1, 0.15) is 12.3 Å². The van der Waals surface area contributed by atoms with Gasteiger partial charge in [-0.1, -0.05) is 12.1 Å². The van der Waals surface area contributed by atoms with Crippen LogP contribution in [0.15, 0.2) is 36.5 Å². The van der Waals surface area contributed by atoms with Gasteiger partial charge in [0.05, 0.1) is 5.69 Å². The zero-order valence-corrected chi connectivity index (χ0v) is 12.0. The highest BCUT2D eigenvalue weighted by Crippen LogP contribution is 2.12. The molecule has 0 bridgehead atoms. The summed E-state index contributed by atoms with van der Waals surface area (Å²) in [6.45, 7) is 0.265. The van der Waals surface area contributed by atoms with Crippen LogP contribution in [0, 0.1) is 3.57 Å². The molecule has 94 valence electrons. The van der Waals surface area contributed by atoms with E-state index in [0.717, 1.165) is 9.13 Å². The minimum Gasteiger partial charge on any atom is -0.456 e. The van der Waals surface area contributed by atoms with Crippen molar-refractivity contribution in [1.29, 1.82) is 0 Å². The Kier molecular flexibility index (Phi) is 3.90. The number of hydrogen-bond acceptors (Lipinski definition) is 3. The summed E-state index contributed by atoms with van der Waals surface area (Å²) in [4.78, 5) is 11.8. The number of ether oxygens (including phenoxy) is 1. The average Bonchev–Trinajstić information content (AvgIpc) is 2.67. The molecule has 5 heteroatoms. The van der Waals surface area contributed by atoms with Gasteiger partial charge < -0.3 is 15.0 Å². The lowest BCUT2D eigenvalue weighted by Crippen LogP contribution is -2.09. The summed E-state index contributed by atoms with van der Waals surface area (Å²) in [5.41, 5.74) is 7.59. The van der Waals surface area contributed by atoms with Crippen molar-refractivity contribution in [2.45, 2.75) is 6.61 Å². The van der Waals surface area contributed by atoms with Crippen LogP contribution in [-0.2, 0) is 18.4 Å². The fourth-order valence-electron chi connectivity index (χ4n) is 1.60. The molecule has 0 aliphatic heterocycles. The number of nitrogens with zero attached hydrogens (tertiary/aromatic N) is 1. The van der Waals surface area contributed by atoms with Crippen LogP contribution in [0.4, 0.5) is 5.69 Å². The minimum atomic E-state index is -0.368. The number of benzene rings is 1. The first-order chi connectivity index (χ1) is 8.56. The third-order valence-corrected chi connectivity index (χ3v) is 3.24. The van der Waals surface area contributed by atoms with Gasteiger partial charge in [-0.3, -0.25) is 0 Å². The Labute approximate surface area is 119 Å². The number of nitrogen functional groups attached to an aromatic ring is 1. The predicted octanol–water partition coefficient (Wildman–Crippen LogP) is 2.57. The standard InChI is InChI=1S/C13H13IN2O2/c1-16-7-11(15)6-12(16)13(17)18-8-9-2-4-10(14)5-3-9/h2-7H,8,15H2,1H3. The number of aryl methyl sites for hydroxylation is 1. The smallest absolute Gasteiger partial charge is 0.355 e. The van der Waals surface area contributed by atoms with Crippen molar-refractivity contribution in [3.05, 3.63) is 51.4 Å². The van der Waals surface area contributed by atoms with E-state index in [2.05, 4.69) is 22.6 Å². The van der Waals surface area contributed by atoms with Crippen molar-refractivity contribution in [3.63, 3.8) is 0 Å². The topological polar surface area (TPSA) is 57.2 Å². The summed E-state index contributed by atoms with van der Waals surface area (Å²) in [6, 6.07) is 9.44. The number of halogens is 1. The van der Waals surface area contributed by atoms with Crippen LogP contribution in [0.3, 0.4) is 0 Å². The number of rotatable bonds is 3. The third-order valence-electron chi connectivity index (χ3n) is 2.52. The summed E-state index contributed by atoms with van der Waals surface area (Å²) in [5.74, 6) is -0.368. The van der Waals surface area contributed by atoms with Crippen LogP contribution >= 0.6 is 22.6 Å². The van der Waals surface area contributed by atoms with Crippen LogP contribution in [0.2, 0.25) is 0 Å². The fraction of sp³-hybridized carbons (Fsp3) is 0.154. The van der Waals surface area contributed by atoms with E-state index < -0.39 is 0 Å². The average molecular weight is 356 g/mol. The predicted molar refractivity (Wildman–Crippen MR) is 78.1 cm³/mol. The quantitative estimate of drug-likeness (QED) is 0.679. The van der Waals surface area contributed by atoms with Crippen LogP contribution in [0.5, 0.6) is 0 Å². The van der Waals surface area contributed by atoms with E-state index >= 15 is 0 Å². The van der Waals surface area contributed by atoms with Gasteiger partial charge in [-0.15, -0.1) is 0 Å². The van der Waals surface area contributed by atoms with E-state index in [4.69, 9.17) is 10.5 Å². The Morgan fingerprint density at radius 1 is 1.39 bits per heavy atom. The van der Waals surface area contributed by atoms with E-state index in [-0.39, 0.29) is 12.6 Å². The normalized spacial score (nSPS) is 10.3. The van der Waals surface area contributed by atoms with Crippen molar-refractivity contribution in [2.75, 3.05) is 5.73 Å². The zero-order valence-electron chi connectivity index (χ0n) is 9.89. The lowest BCUT2D eigenvalue weighted by Gasteiger charge is -2.05. The molecule has 0 saturated heterocycles. The molecule has 18 heavy (non-hydrogen) atoms. The number of aromatic nitrogens is 1. The molecule has 0 amide bonds. The SMILES string of the molecule is Cn1cc(N)cc1C(=O)OCc1ccc(I)cc1. The molecule has 0 atom stereocenters. The van der Waals surface area contributed by atoms with Crippen LogP contribution in [0.1, 0.15) is 16.1 Å². The summed E-state index contributed by atoms with van der Waals surface area (Å²) in [6.07, 6.45) is 1.68. The molecule has 0 aliphatic rings. The van der Waals surface area contributed by atoms with E-state index in [1.54, 1.807) is 23.9 Å². The maximum atomic E-state index is 11.8. The number of anilines is 1. The molecule has 0 unspecified atom stereocenters. The number of hydrogen-bond donors (Lipinski definition) is 1. The highest BCUT2D eigenvalue weighted by atomic mass is 127. The Hall–Kier alpha value is -1.50. The van der Waals surface area contributed by atoms with Gasteiger partial charge in [0.2, 0.25) is 0 Å². The van der Waals surface area contributed by atoms with Crippen molar-refractivity contribution in [1.82, 2.24) is 4.57 Å². The van der Waals surface area contributed by atoms with E-state index in [1.165, 1.54) is 0 Å². The molecule has 0 saturated carbocycles. The highest BCUT2D eigenvalue weighted by molar-refractivity contribution is 14.1. The first kappa shape index (κ1) is 12.9. The number of nitrogens with two attached hydrogens (primary N) is 1. The molecular weight excluding hydrogens is 343 g/mol. The molecule has 0 fully saturated rings. The molecule has 0 aliphatic carbocycles. The molecule has 2 N–H and O–H groups in total. The monoisotopic (exact) mass is 356 g/mol. The van der Waals surface area contributed by atoms with Gasteiger partial charge in [0.25, 0.3) is 0 Å². The number of esters is 1. The maximum absolute atomic E-state index is 11.8. The zero-order chi connectivity index (χ0) is 13.1. The Balaban J connectivity index is 2.00. The van der Waals surface area contributed by atoms with E-state index in [9.17, 15) is 4.79 Å². The lowest BCUT2D eigenvalue weighted by molar-refractivity contribution is 0.0461. The van der Waals surface area contributed by atoms with Crippen molar-refractivity contribution < 1.29 is 9.53 Å². The first-order valence-corrected chi connectivity index (χ1v) is 6.47. The Morgan fingerprint density at radius 2 is 2.06 bits per heavy atom. The molecule has 1 aromatic heterocycles. The number of carbonyl (C=O) groups is 1. The van der Waals surface area contributed by atoms with Gasteiger partial charge >= 0.3 is 5.97 Å². The Morgan fingerprint density at radius 3 is 2.61 bits per heavy atom. The minimum absolute atomic E-state index is 0.265. The van der Waals surface area contributed by atoms with Crippen LogP contribution in [-0.4, -0.2) is 10.5 Å². The van der Waals surface area contributed by atoms with Gasteiger partial charge in [-0.2, -0.15) is 0 Å².